The molecule has 1 heterocycles. The zero-order valence-corrected chi connectivity index (χ0v) is 16.4. The van der Waals surface area contributed by atoms with E-state index in [1.165, 1.54) is 4.31 Å². The molecule has 0 atom stereocenters. The van der Waals surface area contributed by atoms with E-state index < -0.39 is 10.0 Å². The van der Waals surface area contributed by atoms with Crippen molar-refractivity contribution in [1.29, 1.82) is 0 Å². The molecule has 0 aliphatic carbocycles. The summed E-state index contributed by atoms with van der Waals surface area (Å²) in [6, 6.07) is 15.6. The van der Waals surface area contributed by atoms with E-state index in [4.69, 9.17) is 9.47 Å². The molecule has 1 N–H and O–H groups in total. The lowest BCUT2D eigenvalue weighted by molar-refractivity contribution is 0.0729. The van der Waals surface area contributed by atoms with E-state index in [1.54, 1.807) is 7.11 Å². The van der Waals surface area contributed by atoms with E-state index in [9.17, 15) is 8.42 Å². The van der Waals surface area contributed by atoms with Gasteiger partial charge in [-0.2, -0.15) is 4.31 Å². The fourth-order valence-electron chi connectivity index (χ4n) is 3.07. The molecule has 1 aliphatic rings. The Balaban J connectivity index is 1.61. The summed E-state index contributed by atoms with van der Waals surface area (Å²) in [5.74, 6) is 0.852. The van der Waals surface area contributed by atoms with E-state index in [2.05, 4.69) is 5.32 Å². The average molecular weight is 391 g/mol. The van der Waals surface area contributed by atoms with Gasteiger partial charge < -0.3 is 14.8 Å². The Kier molecular flexibility index (Phi) is 6.84. The molecule has 27 heavy (non-hydrogen) atoms. The zero-order valence-electron chi connectivity index (χ0n) is 15.6. The van der Waals surface area contributed by atoms with Gasteiger partial charge >= 0.3 is 0 Å². The molecule has 0 unspecified atom stereocenters. The molecular formula is C20H26N2O4S. The molecular weight excluding hydrogens is 364 g/mol. The molecule has 146 valence electrons. The number of nitrogens with zero attached hydrogens (tertiary/aromatic N) is 1. The zero-order chi connectivity index (χ0) is 19.1. The van der Waals surface area contributed by atoms with Gasteiger partial charge in [-0.15, -0.1) is 0 Å². The summed E-state index contributed by atoms with van der Waals surface area (Å²) < 4.78 is 37.3. The molecule has 1 saturated heterocycles. The lowest BCUT2D eigenvalue weighted by atomic mass is 10.1. The molecule has 0 aromatic heterocycles. The molecule has 3 rings (SSSR count). The van der Waals surface area contributed by atoms with Gasteiger partial charge in [0, 0.05) is 26.2 Å². The van der Waals surface area contributed by atoms with Crippen LogP contribution in [-0.2, 0) is 33.6 Å². The van der Waals surface area contributed by atoms with Crippen LogP contribution in [0.1, 0.15) is 16.7 Å². The van der Waals surface area contributed by atoms with Crippen LogP contribution in [0.15, 0.2) is 48.5 Å². The number of hydrogen-bond donors (Lipinski definition) is 1. The van der Waals surface area contributed by atoms with Gasteiger partial charge in [-0.1, -0.05) is 36.4 Å². The summed E-state index contributed by atoms with van der Waals surface area (Å²) >= 11 is 0. The molecule has 6 nitrogen and oxygen atoms in total. The maximum Gasteiger partial charge on any atom is 0.218 e. The number of morpholine rings is 1. The van der Waals surface area contributed by atoms with Gasteiger partial charge in [0.1, 0.15) is 5.75 Å². The fourth-order valence-corrected chi connectivity index (χ4v) is 4.63. The third-order valence-electron chi connectivity index (χ3n) is 4.62. The molecule has 1 fully saturated rings. The van der Waals surface area contributed by atoms with Crippen LogP contribution < -0.4 is 10.1 Å². The molecule has 0 radical (unpaired) electrons. The van der Waals surface area contributed by atoms with Crippen molar-refractivity contribution in [2.24, 2.45) is 0 Å². The first-order valence-electron chi connectivity index (χ1n) is 9.04. The summed E-state index contributed by atoms with van der Waals surface area (Å²) in [4.78, 5) is 0. The van der Waals surface area contributed by atoms with E-state index in [-0.39, 0.29) is 5.75 Å². The van der Waals surface area contributed by atoms with Crippen LogP contribution >= 0.6 is 0 Å². The standard InChI is InChI=1S/C20H26N2O4S/c1-25-20-8-6-17(7-9-20)14-21-15-18-4-2-3-5-19(18)16-27(23,24)22-10-12-26-13-11-22/h2-9,21H,10-16H2,1H3. The second-order valence-electron chi connectivity index (χ2n) is 6.49. The van der Waals surface area contributed by atoms with Gasteiger partial charge in [0.15, 0.2) is 0 Å². The highest BCUT2D eigenvalue weighted by atomic mass is 32.2. The third kappa shape index (κ3) is 5.52. The van der Waals surface area contributed by atoms with Gasteiger partial charge in [0.05, 0.1) is 26.1 Å². The Morgan fingerprint density at radius 3 is 2.33 bits per heavy atom. The predicted octanol–water partition coefficient (Wildman–Crippen LogP) is 2.15. The van der Waals surface area contributed by atoms with E-state index >= 15 is 0 Å². The first-order valence-corrected chi connectivity index (χ1v) is 10.7. The molecule has 0 spiro atoms. The van der Waals surface area contributed by atoms with E-state index in [1.807, 2.05) is 48.5 Å². The maximum atomic E-state index is 12.7. The summed E-state index contributed by atoms with van der Waals surface area (Å²) in [6.07, 6.45) is 0. The topological polar surface area (TPSA) is 67.9 Å². The van der Waals surface area contributed by atoms with Crippen molar-refractivity contribution in [2.75, 3.05) is 33.4 Å². The van der Waals surface area contributed by atoms with Gasteiger partial charge in [-0.25, -0.2) is 8.42 Å². The van der Waals surface area contributed by atoms with Crippen LogP contribution in [0.4, 0.5) is 0 Å². The van der Waals surface area contributed by atoms with Crippen molar-refractivity contribution in [3.8, 4) is 5.75 Å². The van der Waals surface area contributed by atoms with Gasteiger partial charge in [-0.3, -0.25) is 0 Å². The monoisotopic (exact) mass is 390 g/mol. The first-order chi connectivity index (χ1) is 13.1. The smallest absolute Gasteiger partial charge is 0.218 e. The van der Waals surface area contributed by atoms with Crippen molar-refractivity contribution >= 4 is 10.0 Å². The molecule has 7 heteroatoms. The van der Waals surface area contributed by atoms with Crippen molar-refractivity contribution in [3.05, 3.63) is 65.2 Å². The Morgan fingerprint density at radius 1 is 1.00 bits per heavy atom. The normalized spacial score (nSPS) is 15.6. The summed E-state index contributed by atoms with van der Waals surface area (Å²) in [5.41, 5.74) is 2.99. The quantitative estimate of drug-likeness (QED) is 0.748. The van der Waals surface area contributed by atoms with Crippen molar-refractivity contribution in [3.63, 3.8) is 0 Å². The number of benzene rings is 2. The number of ether oxygens (including phenoxy) is 2. The number of rotatable bonds is 8. The Bertz CT molecular complexity index is 831. The number of sulfonamides is 1. The first kappa shape index (κ1) is 19.8. The summed E-state index contributed by atoms with van der Waals surface area (Å²) in [7, 11) is -1.68. The fraction of sp³-hybridized carbons (Fsp3) is 0.400. The molecule has 2 aromatic rings. The molecule has 0 amide bonds. The van der Waals surface area contributed by atoms with E-state index in [0.717, 1.165) is 22.4 Å². The van der Waals surface area contributed by atoms with Crippen LogP contribution in [0.3, 0.4) is 0 Å². The minimum absolute atomic E-state index is 0.0212. The van der Waals surface area contributed by atoms with Crippen LogP contribution in [0, 0.1) is 0 Å². The summed E-state index contributed by atoms with van der Waals surface area (Å²) in [6.45, 7) is 3.10. The van der Waals surface area contributed by atoms with Gasteiger partial charge in [0.25, 0.3) is 0 Å². The lowest BCUT2D eigenvalue weighted by Crippen LogP contribution is -2.41. The van der Waals surface area contributed by atoms with Gasteiger partial charge in [0.2, 0.25) is 10.0 Å². The SMILES string of the molecule is COc1ccc(CNCc2ccccc2CS(=O)(=O)N2CCOCC2)cc1. The van der Waals surface area contributed by atoms with Crippen molar-refractivity contribution in [1.82, 2.24) is 9.62 Å². The average Bonchev–Trinajstić information content (AvgIpc) is 2.70. The minimum Gasteiger partial charge on any atom is -0.497 e. The van der Waals surface area contributed by atoms with Crippen LogP contribution in [0.5, 0.6) is 5.75 Å². The Hall–Kier alpha value is -1.93. The van der Waals surface area contributed by atoms with Crippen LogP contribution in [0.25, 0.3) is 0 Å². The van der Waals surface area contributed by atoms with E-state index in [0.29, 0.717) is 39.4 Å². The van der Waals surface area contributed by atoms with Crippen LogP contribution in [0.2, 0.25) is 0 Å². The second-order valence-corrected chi connectivity index (χ2v) is 8.46. The molecule has 0 saturated carbocycles. The highest BCUT2D eigenvalue weighted by Gasteiger charge is 2.25. The molecule has 2 aromatic carbocycles. The number of hydrogen-bond acceptors (Lipinski definition) is 5. The number of nitrogens with one attached hydrogen (secondary N) is 1. The van der Waals surface area contributed by atoms with Gasteiger partial charge in [-0.05, 0) is 28.8 Å². The van der Waals surface area contributed by atoms with Crippen LogP contribution in [-0.4, -0.2) is 46.1 Å². The minimum atomic E-state index is -3.33. The Morgan fingerprint density at radius 2 is 1.67 bits per heavy atom. The Labute approximate surface area is 161 Å². The molecule has 1 aliphatic heterocycles. The highest BCUT2D eigenvalue weighted by Crippen LogP contribution is 2.17. The maximum absolute atomic E-state index is 12.7. The highest BCUT2D eigenvalue weighted by molar-refractivity contribution is 7.88. The third-order valence-corrected chi connectivity index (χ3v) is 6.45. The van der Waals surface area contributed by atoms with Crippen molar-refractivity contribution in [2.45, 2.75) is 18.8 Å². The predicted molar refractivity (Wildman–Crippen MR) is 105 cm³/mol. The second kappa shape index (κ2) is 9.32. The lowest BCUT2D eigenvalue weighted by Gasteiger charge is -2.26. The molecule has 0 bridgehead atoms. The van der Waals surface area contributed by atoms with Crippen molar-refractivity contribution < 1.29 is 17.9 Å². The summed E-state index contributed by atoms with van der Waals surface area (Å²) in [5, 5.41) is 3.39. The number of methoxy groups -OCH3 is 1. The largest absolute Gasteiger partial charge is 0.497 e.